The molecule has 0 aromatic heterocycles. The van der Waals surface area contributed by atoms with Crippen molar-refractivity contribution >= 4 is 29.2 Å². The van der Waals surface area contributed by atoms with Gasteiger partial charge in [0.25, 0.3) is 0 Å². The standard InChI is InChI=1S/C11H13Cl2N3O3/c1-2-18-11(17)9(16-15)10(14)19-6-3-4-7(12)8(13)5-6/h3-5,16H,2,14-15H2,1H3/b10-9+. The second-order valence-corrected chi connectivity index (χ2v) is 4.10. The predicted octanol–water partition coefficient (Wildman–Crippen LogP) is 1.53. The molecule has 1 rings (SSSR count). The highest BCUT2D eigenvalue weighted by Gasteiger charge is 2.16. The number of hydrogen-bond donors (Lipinski definition) is 3. The van der Waals surface area contributed by atoms with Gasteiger partial charge in [0.05, 0.1) is 16.7 Å². The molecule has 0 aliphatic rings. The Morgan fingerprint density at radius 1 is 1.37 bits per heavy atom. The van der Waals surface area contributed by atoms with Gasteiger partial charge in [0.15, 0.2) is 5.70 Å². The lowest BCUT2D eigenvalue weighted by Crippen LogP contribution is -2.32. The van der Waals surface area contributed by atoms with Crippen LogP contribution in [0.2, 0.25) is 10.0 Å². The second-order valence-electron chi connectivity index (χ2n) is 3.28. The number of nitrogens with one attached hydrogen (secondary N) is 1. The van der Waals surface area contributed by atoms with Crippen LogP contribution in [0.4, 0.5) is 0 Å². The topological polar surface area (TPSA) is 99.6 Å². The number of nitrogens with two attached hydrogens (primary N) is 2. The van der Waals surface area contributed by atoms with Crippen LogP contribution >= 0.6 is 23.2 Å². The summed E-state index contributed by atoms with van der Waals surface area (Å²) in [5.74, 6) is 4.55. The molecule has 0 atom stereocenters. The molecule has 0 fully saturated rings. The van der Waals surface area contributed by atoms with Crippen molar-refractivity contribution in [1.29, 1.82) is 0 Å². The molecule has 0 radical (unpaired) electrons. The zero-order valence-electron chi connectivity index (χ0n) is 10.1. The summed E-state index contributed by atoms with van der Waals surface area (Å²) in [4.78, 5) is 11.5. The summed E-state index contributed by atoms with van der Waals surface area (Å²) in [5, 5.41) is 0.671. The van der Waals surface area contributed by atoms with E-state index in [1.54, 1.807) is 13.0 Å². The van der Waals surface area contributed by atoms with Crippen LogP contribution in [0.25, 0.3) is 0 Å². The molecule has 0 saturated carbocycles. The first-order chi connectivity index (χ1) is 8.99. The summed E-state index contributed by atoms with van der Waals surface area (Å²) >= 11 is 11.6. The molecule has 104 valence electrons. The number of benzene rings is 1. The van der Waals surface area contributed by atoms with Crippen molar-refractivity contribution in [2.24, 2.45) is 11.6 Å². The van der Waals surface area contributed by atoms with Gasteiger partial charge in [-0.3, -0.25) is 5.84 Å². The molecule has 0 aliphatic carbocycles. The van der Waals surface area contributed by atoms with Gasteiger partial charge in [-0.2, -0.15) is 0 Å². The second kappa shape index (κ2) is 7.08. The number of esters is 1. The van der Waals surface area contributed by atoms with Crippen molar-refractivity contribution < 1.29 is 14.3 Å². The van der Waals surface area contributed by atoms with Crippen LogP contribution in [-0.2, 0) is 9.53 Å². The fourth-order valence-corrected chi connectivity index (χ4v) is 1.44. The van der Waals surface area contributed by atoms with Crippen molar-refractivity contribution in [3.05, 3.63) is 39.8 Å². The van der Waals surface area contributed by atoms with Crippen LogP contribution in [0.5, 0.6) is 5.75 Å². The maximum Gasteiger partial charge on any atom is 0.361 e. The van der Waals surface area contributed by atoms with Gasteiger partial charge < -0.3 is 20.6 Å². The van der Waals surface area contributed by atoms with E-state index in [0.29, 0.717) is 15.8 Å². The molecule has 19 heavy (non-hydrogen) atoms. The molecule has 1 aromatic rings. The van der Waals surface area contributed by atoms with Gasteiger partial charge >= 0.3 is 5.97 Å². The summed E-state index contributed by atoms with van der Waals surface area (Å²) in [7, 11) is 0. The molecule has 0 aliphatic heterocycles. The maximum absolute atomic E-state index is 11.5. The highest BCUT2D eigenvalue weighted by Crippen LogP contribution is 2.27. The van der Waals surface area contributed by atoms with Crippen molar-refractivity contribution in [2.75, 3.05) is 6.61 Å². The largest absolute Gasteiger partial charge is 0.461 e. The van der Waals surface area contributed by atoms with Gasteiger partial charge in [-0.25, -0.2) is 4.79 Å². The van der Waals surface area contributed by atoms with Crippen molar-refractivity contribution in [3.63, 3.8) is 0 Å². The molecule has 0 saturated heterocycles. The van der Waals surface area contributed by atoms with E-state index >= 15 is 0 Å². The Bertz CT molecular complexity index is 506. The van der Waals surface area contributed by atoms with E-state index in [0.717, 1.165) is 0 Å². The number of carbonyl (C=O) groups excluding carboxylic acids is 1. The first kappa shape index (κ1) is 15.4. The van der Waals surface area contributed by atoms with Crippen molar-refractivity contribution in [3.8, 4) is 5.75 Å². The predicted molar refractivity (Wildman–Crippen MR) is 72.3 cm³/mol. The van der Waals surface area contributed by atoms with E-state index in [2.05, 4.69) is 5.43 Å². The minimum atomic E-state index is -0.720. The van der Waals surface area contributed by atoms with Crippen LogP contribution in [0.1, 0.15) is 6.92 Å². The first-order valence-electron chi connectivity index (χ1n) is 5.26. The average Bonchev–Trinajstić information content (AvgIpc) is 2.35. The molecule has 1 aromatic carbocycles. The zero-order chi connectivity index (χ0) is 14.4. The van der Waals surface area contributed by atoms with E-state index in [4.69, 9.17) is 44.3 Å². The monoisotopic (exact) mass is 305 g/mol. The number of rotatable bonds is 5. The highest BCUT2D eigenvalue weighted by atomic mass is 35.5. The van der Waals surface area contributed by atoms with Crippen LogP contribution in [0, 0.1) is 0 Å². The Hall–Kier alpha value is -1.63. The summed E-state index contributed by atoms with van der Waals surface area (Å²) in [6.45, 7) is 1.84. The van der Waals surface area contributed by atoms with E-state index in [-0.39, 0.29) is 18.2 Å². The maximum atomic E-state index is 11.5. The van der Waals surface area contributed by atoms with Crippen molar-refractivity contribution in [1.82, 2.24) is 5.43 Å². The van der Waals surface area contributed by atoms with E-state index in [1.807, 2.05) is 0 Å². The van der Waals surface area contributed by atoms with Crippen LogP contribution in [0.15, 0.2) is 29.8 Å². The van der Waals surface area contributed by atoms with Crippen molar-refractivity contribution in [2.45, 2.75) is 6.92 Å². The van der Waals surface area contributed by atoms with Gasteiger partial charge in [0, 0.05) is 6.07 Å². The van der Waals surface area contributed by atoms with Crippen LogP contribution in [-0.4, -0.2) is 12.6 Å². The molecule has 8 heteroatoms. The third kappa shape index (κ3) is 4.20. The van der Waals surface area contributed by atoms with Gasteiger partial charge in [-0.15, -0.1) is 0 Å². The van der Waals surface area contributed by atoms with Gasteiger partial charge in [-0.1, -0.05) is 23.2 Å². The number of hydrazine groups is 1. The Morgan fingerprint density at radius 2 is 2.05 bits per heavy atom. The normalized spacial score (nSPS) is 11.6. The Kier molecular flexibility index (Phi) is 5.75. The zero-order valence-corrected chi connectivity index (χ0v) is 11.6. The molecule has 5 N–H and O–H groups in total. The minimum absolute atomic E-state index is 0.185. The van der Waals surface area contributed by atoms with E-state index in [9.17, 15) is 4.79 Å². The van der Waals surface area contributed by atoms with E-state index < -0.39 is 5.97 Å². The summed E-state index contributed by atoms with van der Waals surface area (Å²) < 4.78 is 9.99. The number of hydrogen-bond acceptors (Lipinski definition) is 6. The Morgan fingerprint density at radius 3 is 2.58 bits per heavy atom. The number of halogens is 2. The highest BCUT2D eigenvalue weighted by molar-refractivity contribution is 6.42. The van der Waals surface area contributed by atoms with Gasteiger partial charge in [0.2, 0.25) is 5.88 Å². The lowest BCUT2D eigenvalue weighted by Gasteiger charge is -2.11. The summed E-state index contributed by atoms with van der Waals surface area (Å²) in [6, 6.07) is 4.53. The molecule has 0 unspecified atom stereocenters. The molecule has 0 amide bonds. The SMILES string of the molecule is CCOC(=O)/C(NN)=C(/N)Oc1ccc(Cl)c(Cl)c1. The summed E-state index contributed by atoms with van der Waals surface area (Å²) in [5.41, 5.74) is 7.56. The lowest BCUT2D eigenvalue weighted by atomic mass is 10.3. The fourth-order valence-electron chi connectivity index (χ4n) is 1.15. The van der Waals surface area contributed by atoms with Crippen LogP contribution in [0.3, 0.4) is 0 Å². The molecule has 0 spiro atoms. The molecule has 0 heterocycles. The third-order valence-electron chi connectivity index (χ3n) is 1.99. The molecular weight excluding hydrogens is 293 g/mol. The molecular formula is C11H13Cl2N3O3. The third-order valence-corrected chi connectivity index (χ3v) is 2.73. The first-order valence-corrected chi connectivity index (χ1v) is 6.01. The Labute approximate surface area is 120 Å². The smallest absolute Gasteiger partial charge is 0.361 e. The average molecular weight is 306 g/mol. The number of carbonyl (C=O) groups is 1. The van der Waals surface area contributed by atoms with Crippen LogP contribution < -0.4 is 21.7 Å². The fraction of sp³-hybridized carbons (Fsp3) is 0.182. The molecule has 0 bridgehead atoms. The summed E-state index contributed by atoms with van der Waals surface area (Å²) in [6.07, 6.45) is 0. The Balaban J connectivity index is 2.94. The van der Waals surface area contributed by atoms with Gasteiger partial charge in [0.1, 0.15) is 5.75 Å². The van der Waals surface area contributed by atoms with Gasteiger partial charge in [-0.05, 0) is 19.1 Å². The number of ether oxygens (including phenoxy) is 2. The quantitative estimate of drug-likeness (QED) is 0.251. The van der Waals surface area contributed by atoms with E-state index in [1.165, 1.54) is 12.1 Å². The lowest BCUT2D eigenvalue weighted by molar-refractivity contribution is -0.139. The molecule has 6 nitrogen and oxygen atoms in total. The minimum Gasteiger partial charge on any atom is -0.461 e.